The number of aryl methyl sites for hydroxylation is 1. The maximum Gasteiger partial charge on any atom is 0.0833 e. The minimum atomic E-state index is -0.650. The van der Waals surface area contributed by atoms with Crippen LogP contribution in [0.2, 0.25) is 0 Å². The van der Waals surface area contributed by atoms with Crippen molar-refractivity contribution in [3.63, 3.8) is 0 Å². The Morgan fingerprint density at radius 1 is 1.50 bits per heavy atom. The zero-order valence-electron chi connectivity index (χ0n) is 10.2. The van der Waals surface area contributed by atoms with E-state index in [1.54, 1.807) is 11.8 Å². The zero-order valence-corrected chi connectivity index (χ0v) is 11.0. The minimum Gasteiger partial charge on any atom is -0.388 e. The molecule has 1 atom stereocenters. The fourth-order valence-electron chi connectivity index (χ4n) is 1.52. The molecule has 0 aliphatic heterocycles. The van der Waals surface area contributed by atoms with Gasteiger partial charge in [0.05, 0.1) is 11.3 Å². The number of hydrogen-bond acceptors (Lipinski definition) is 4. The quantitative estimate of drug-likeness (QED) is 0.792. The van der Waals surface area contributed by atoms with Crippen LogP contribution in [0, 0.1) is 6.92 Å². The van der Waals surface area contributed by atoms with Crippen LogP contribution in [-0.2, 0) is 6.54 Å². The first kappa shape index (κ1) is 13.5. The van der Waals surface area contributed by atoms with Crippen molar-refractivity contribution < 1.29 is 5.11 Å². The molecule has 1 aromatic heterocycles. The highest BCUT2D eigenvalue weighted by Gasteiger charge is 2.18. The molecule has 0 fully saturated rings. The first-order chi connectivity index (χ1) is 7.53. The van der Waals surface area contributed by atoms with Crippen molar-refractivity contribution in [2.24, 2.45) is 0 Å². The van der Waals surface area contributed by atoms with E-state index in [4.69, 9.17) is 0 Å². The molecular weight excluding hydrogens is 220 g/mol. The van der Waals surface area contributed by atoms with Gasteiger partial charge in [0, 0.05) is 24.5 Å². The summed E-state index contributed by atoms with van der Waals surface area (Å²) in [5.41, 5.74) is 1.39. The molecule has 0 spiro atoms. The van der Waals surface area contributed by atoms with Crippen molar-refractivity contribution in [3.05, 3.63) is 29.6 Å². The number of thioether (sulfide) groups is 1. The minimum absolute atomic E-state index is 0.587. The molecular formula is C12H20N2OS. The lowest BCUT2D eigenvalue weighted by atomic mass is 10.1. The molecule has 2 N–H and O–H groups in total. The van der Waals surface area contributed by atoms with E-state index in [2.05, 4.69) is 10.3 Å². The van der Waals surface area contributed by atoms with Crippen molar-refractivity contribution in [1.29, 1.82) is 0 Å². The third-order valence-corrected chi connectivity index (χ3v) is 3.12. The van der Waals surface area contributed by atoms with Gasteiger partial charge in [-0.3, -0.25) is 4.98 Å². The summed E-state index contributed by atoms with van der Waals surface area (Å²) in [6.45, 7) is 5.11. The summed E-state index contributed by atoms with van der Waals surface area (Å²) >= 11 is 1.65. The molecule has 0 saturated heterocycles. The molecule has 0 saturated carbocycles. The number of aliphatic hydroxyl groups is 1. The summed E-state index contributed by atoms with van der Waals surface area (Å²) in [7, 11) is 0. The summed E-state index contributed by atoms with van der Waals surface area (Å²) in [4.78, 5) is 4.39. The Morgan fingerprint density at radius 2 is 2.25 bits per heavy atom. The summed E-state index contributed by atoms with van der Waals surface area (Å²) in [5, 5.41) is 13.2. The molecule has 90 valence electrons. The zero-order chi connectivity index (χ0) is 12.0. The normalized spacial score (nSPS) is 14.8. The lowest BCUT2D eigenvalue weighted by Gasteiger charge is -2.22. The molecule has 16 heavy (non-hydrogen) atoms. The lowest BCUT2D eigenvalue weighted by Crippen LogP contribution is -2.39. The third-order valence-electron chi connectivity index (χ3n) is 2.21. The molecule has 1 aromatic rings. The number of pyridine rings is 1. The van der Waals surface area contributed by atoms with Crippen LogP contribution in [-0.4, -0.2) is 34.2 Å². The van der Waals surface area contributed by atoms with Gasteiger partial charge in [-0.25, -0.2) is 0 Å². The van der Waals surface area contributed by atoms with E-state index >= 15 is 0 Å². The van der Waals surface area contributed by atoms with Crippen LogP contribution < -0.4 is 5.32 Å². The molecule has 1 rings (SSSR count). The summed E-state index contributed by atoms with van der Waals surface area (Å²) in [6.07, 6.45) is 2.00. The number of nitrogens with zero attached hydrogens (tertiary/aromatic N) is 1. The maximum atomic E-state index is 9.94. The van der Waals surface area contributed by atoms with Gasteiger partial charge in [-0.15, -0.1) is 0 Å². The predicted molar refractivity (Wildman–Crippen MR) is 69.7 cm³/mol. The highest BCUT2D eigenvalue weighted by Crippen LogP contribution is 2.09. The molecule has 3 nitrogen and oxygen atoms in total. The number of hydrogen-bond donors (Lipinski definition) is 2. The highest BCUT2D eigenvalue weighted by molar-refractivity contribution is 7.98. The molecule has 0 aromatic carbocycles. The van der Waals surface area contributed by atoms with Crippen LogP contribution in [0.4, 0.5) is 0 Å². The summed E-state index contributed by atoms with van der Waals surface area (Å²) in [5.74, 6) is 0.737. The van der Waals surface area contributed by atoms with Gasteiger partial charge in [0.15, 0.2) is 0 Å². The van der Waals surface area contributed by atoms with E-state index in [1.807, 2.05) is 38.3 Å². The lowest BCUT2D eigenvalue weighted by molar-refractivity contribution is 0.0845. The van der Waals surface area contributed by atoms with Gasteiger partial charge in [-0.1, -0.05) is 6.07 Å². The molecule has 0 bridgehead atoms. The second-order valence-corrected chi connectivity index (χ2v) is 5.17. The molecule has 1 unspecified atom stereocenters. The number of nitrogens with one attached hydrogen (secondary N) is 1. The first-order valence-corrected chi connectivity index (χ1v) is 6.77. The Hall–Kier alpha value is -0.580. The second-order valence-electron chi connectivity index (χ2n) is 4.30. The Bertz CT molecular complexity index is 329. The van der Waals surface area contributed by atoms with Crippen LogP contribution in [0.25, 0.3) is 0 Å². The Morgan fingerprint density at radius 3 is 2.88 bits per heavy atom. The van der Waals surface area contributed by atoms with Crippen molar-refractivity contribution in [1.82, 2.24) is 10.3 Å². The van der Waals surface area contributed by atoms with Crippen molar-refractivity contribution in [2.45, 2.75) is 26.0 Å². The van der Waals surface area contributed by atoms with Gasteiger partial charge >= 0.3 is 0 Å². The fraction of sp³-hybridized carbons (Fsp3) is 0.583. The van der Waals surface area contributed by atoms with E-state index in [-0.39, 0.29) is 0 Å². The SMILES string of the molecule is CSCC(C)(O)CNCc1cccc(C)n1. The molecule has 0 aliphatic rings. The molecule has 0 radical (unpaired) electrons. The van der Waals surface area contributed by atoms with Crippen molar-refractivity contribution in [2.75, 3.05) is 18.6 Å². The Balaban J connectivity index is 2.35. The predicted octanol–water partition coefficient (Wildman–Crippen LogP) is 1.59. The van der Waals surface area contributed by atoms with Crippen LogP contribution >= 0.6 is 11.8 Å². The molecule has 4 heteroatoms. The molecule has 0 aliphatic carbocycles. The van der Waals surface area contributed by atoms with Gasteiger partial charge in [0.2, 0.25) is 0 Å². The average Bonchev–Trinajstić information content (AvgIpc) is 2.17. The summed E-state index contributed by atoms with van der Waals surface area (Å²) in [6, 6.07) is 5.97. The number of rotatable bonds is 6. The van der Waals surface area contributed by atoms with Crippen LogP contribution in [0.3, 0.4) is 0 Å². The van der Waals surface area contributed by atoms with E-state index < -0.39 is 5.60 Å². The molecule has 1 heterocycles. The standard InChI is InChI=1S/C12H20N2OS/c1-10-5-4-6-11(14-10)7-13-8-12(2,15)9-16-3/h4-6,13,15H,7-9H2,1-3H3. The van der Waals surface area contributed by atoms with Crippen LogP contribution in [0.15, 0.2) is 18.2 Å². The van der Waals surface area contributed by atoms with E-state index in [1.165, 1.54) is 0 Å². The topological polar surface area (TPSA) is 45.1 Å². The first-order valence-electron chi connectivity index (χ1n) is 5.38. The fourth-order valence-corrected chi connectivity index (χ4v) is 2.24. The van der Waals surface area contributed by atoms with Gasteiger partial charge in [0.1, 0.15) is 0 Å². The smallest absolute Gasteiger partial charge is 0.0833 e. The van der Waals surface area contributed by atoms with Crippen molar-refractivity contribution >= 4 is 11.8 Å². The highest BCUT2D eigenvalue weighted by atomic mass is 32.2. The summed E-state index contributed by atoms with van der Waals surface area (Å²) < 4.78 is 0. The van der Waals surface area contributed by atoms with E-state index in [0.717, 1.165) is 17.1 Å². The van der Waals surface area contributed by atoms with E-state index in [0.29, 0.717) is 13.1 Å². The number of aromatic nitrogens is 1. The Kier molecular flexibility index (Phi) is 5.25. The monoisotopic (exact) mass is 240 g/mol. The van der Waals surface area contributed by atoms with Crippen LogP contribution in [0.5, 0.6) is 0 Å². The van der Waals surface area contributed by atoms with Gasteiger partial charge in [0.25, 0.3) is 0 Å². The van der Waals surface area contributed by atoms with Gasteiger partial charge in [-0.2, -0.15) is 11.8 Å². The van der Waals surface area contributed by atoms with Gasteiger partial charge < -0.3 is 10.4 Å². The van der Waals surface area contributed by atoms with E-state index in [9.17, 15) is 5.11 Å². The average molecular weight is 240 g/mol. The van der Waals surface area contributed by atoms with Crippen LogP contribution in [0.1, 0.15) is 18.3 Å². The maximum absolute atomic E-state index is 9.94. The second kappa shape index (κ2) is 6.23. The third kappa shape index (κ3) is 4.96. The van der Waals surface area contributed by atoms with Gasteiger partial charge in [-0.05, 0) is 32.2 Å². The van der Waals surface area contributed by atoms with Crippen molar-refractivity contribution in [3.8, 4) is 0 Å². The Labute approximate surface area is 102 Å². The molecule has 0 amide bonds. The largest absolute Gasteiger partial charge is 0.388 e.